The molecular weight excluding hydrogens is 250 g/mol. The highest BCUT2D eigenvalue weighted by Gasteiger charge is 2.20. The van der Waals surface area contributed by atoms with Crippen molar-refractivity contribution in [3.63, 3.8) is 0 Å². The van der Waals surface area contributed by atoms with Crippen molar-refractivity contribution in [2.45, 2.75) is 38.3 Å². The third-order valence-electron chi connectivity index (χ3n) is 3.36. The highest BCUT2D eigenvalue weighted by atomic mass is 16.4. The van der Waals surface area contributed by atoms with E-state index in [4.69, 9.17) is 10.2 Å². The normalized spacial score (nSPS) is 19.5. The van der Waals surface area contributed by atoms with Crippen molar-refractivity contribution in [1.82, 2.24) is 15.5 Å². The number of amides is 2. The first-order chi connectivity index (χ1) is 9.04. The van der Waals surface area contributed by atoms with Gasteiger partial charge >= 0.3 is 12.0 Å². The summed E-state index contributed by atoms with van der Waals surface area (Å²) in [5.41, 5.74) is 0. The van der Waals surface area contributed by atoms with Gasteiger partial charge in [-0.15, -0.1) is 0 Å². The molecule has 0 aliphatic carbocycles. The number of piperidine rings is 1. The number of carbonyl (C=O) groups excluding carboxylic acids is 1. The topological polar surface area (TPSA) is 102 Å². The van der Waals surface area contributed by atoms with Gasteiger partial charge in [0, 0.05) is 12.6 Å². The molecule has 0 saturated carbocycles. The monoisotopic (exact) mass is 273 g/mol. The summed E-state index contributed by atoms with van der Waals surface area (Å²) in [5.74, 6) is -1.25. The number of carbonyl (C=O) groups is 2. The lowest BCUT2D eigenvalue weighted by molar-refractivity contribution is -0.140. The van der Waals surface area contributed by atoms with Crippen LogP contribution in [0.3, 0.4) is 0 Å². The number of aliphatic carboxylic acids is 1. The van der Waals surface area contributed by atoms with Crippen LogP contribution >= 0.6 is 0 Å². The van der Waals surface area contributed by atoms with Crippen molar-refractivity contribution in [1.29, 1.82) is 0 Å². The summed E-state index contributed by atoms with van der Waals surface area (Å²) in [5, 5.41) is 22.3. The van der Waals surface area contributed by atoms with Crippen LogP contribution in [0.2, 0.25) is 0 Å². The van der Waals surface area contributed by atoms with Crippen molar-refractivity contribution in [2.24, 2.45) is 0 Å². The number of likely N-dealkylation sites (tertiary alicyclic amines) is 1. The molecule has 4 N–H and O–H groups in total. The lowest BCUT2D eigenvalue weighted by Gasteiger charge is -2.32. The van der Waals surface area contributed by atoms with E-state index in [9.17, 15) is 9.59 Å². The number of hydrogen-bond acceptors (Lipinski definition) is 4. The Balaban J connectivity index is 2.26. The maximum Gasteiger partial charge on any atom is 0.328 e. The molecule has 0 aromatic rings. The van der Waals surface area contributed by atoms with Gasteiger partial charge in [-0.2, -0.15) is 0 Å². The zero-order chi connectivity index (χ0) is 14.3. The summed E-state index contributed by atoms with van der Waals surface area (Å²) in [6.45, 7) is 3.96. The molecule has 7 heteroatoms. The van der Waals surface area contributed by atoms with E-state index in [1.54, 1.807) is 0 Å². The largest absolute Gasteiger partial charge is 0.480 e. The summed E-state index contributed by atoms with van der Waals surface area (Å²) in [7, 11) is 0. The smallest absolute Gasteiger partial charge is 0.328 e. The molecule has 0 radical (unpaired) electrons. The van der Waals surface area contributed by atoms with Crippen LogP contribution in [0.25, 0.3) is 0 Å². The van der Waals surface area contributed by atoms with Crippen LogP contribution in [0.5, 0.6) is 0 Å². The van der Waals surface area contributed by atoms with E-state index >= 15 is 0 Å². The molecule has 1 aliphatic heterocycles. The number of rotatable bonds is 6. The molecule has 0 spiro atoms. The van der Waals surface area contributed by atoms with E-state index in [1.807, 2.05) is 6.92 Å². The van der Waals surface area contributed by atoms with Gasteiger partial charge in [0.25, 0.3) is 0 Å². The molecule has 2 amide bonds. The van der Waals surface area contributed by atoms with Crippen molar-refractivity contribution in [3.05, 3.63) is 0 Å². The molecule has 1 fully saturated rings. The Morgan fingerprint density at radius 1 is 1.26 bits per heavy atom. The zero-order valence-corrected chi connectivity index (χ0v) is 11.3. The fourth-order valence-electron chi connectivity index (χ4n) is 2.12. The average molecular weight is 273 g/mol. The van der Waals surface area contributed by atoms with Crippen LogP contribution in [0.1, 0.15) is 26.2 Å². The number of aliphatic hydroxyl groups excluding tert-OH is 1. The summed E-state index contributed by atoms with van der Waals surface area (Å²) in [6.07, 6.45) is 3.62. The van der Waals surface area contributed by atoms with Gasteiger partial charge in [-0.25, -0.2) is 9.59 Å². The Morgan fingerprint density at radius 3 is 2.42 bits per heavy atom. The second kappa shape index (κ2) is 7.96. The lowest BCUT2D eigenvalue weighted by Crippen LogP contribution is -2.51. The predicted molar refractivity (Wildman–Crippen MR) is 69.9 cm³/mol. The van der Waals surface area contributed by atoms with Gasteiger partial charge in [0.2, 0.25) is 0 Å². The zero-order valence-electron chi connectivity index (χ0n) is 11.3. The van der Waals surface area contributed by atoms with Crippen LogP contribution < -0.4 is 10.6 Å². The minimum Gasteiger partial charge on any atom is -0.480 e. The number of carboxylic acid groups (broad SMARTS) is 1. The SMILES string of the molecule is CC(CNC(=O)N[C@@H](CO)C(=O)O)N1CCCCC1. The maximum absolute atomic E-state index is 11.5. The summed E-state index contributed by atoms with van der Waals surface area (Å²) >= 11 is 0. The first-order valence-electron chi connectivity index (χ1n) is 6.66. The van der Waals surface area contributed by atoms with E-state index in [1.165, 1.54) is 19.3 Å². The fourth-order valence-corrected chi connectivity index (χ4v) is 2.12. The molecule has 0 aromatic heterocycles. The van der Waals surface area contributed by atoms with E-state index < -0.39 is 24.6 Å². The highest BCUT2D eigenvalue weighted by molar-refractivity contribution is 5.82. The minimum absolute atomic E-state index is 0.225. The second-order valence-electron chi connectivity index (χ2n) is 4.87. The minimum atomic E-state index is -1.26. The van der Waals surface area contributed by atoms with E-state index in [0.29, 0.717) is 6.54 Å². The van der Waals surface area contributed by atoms with Crippen molar-refractivity contribution in [3.8, 4) is 0 Å². The Labute approximate surface area is 113 Å². The second-order valence-corrected chi connectivity index (χ2v) is 4.87. The third-order valence-corrected chi connectivity index (χ3v) is 3.36. The third kappa shape index (κ3) is 5.44. The van der Waals surface area contributed by atoms with Gasteiger partial charge < -0.3 is 20.8 Å². The van der Waals surface area contributed by atoms with Crippen molar-refractivity contribution in [2.75, 3.05) is 26.2 Å². The molecule has 7 nitrogen and oxygen atoms in total. The van der Waals surface area contributed by atoms with Crippen LogP contribution in [-0.4, -0.2) is 65.4 Å². The molecule has 19 heavy (non-hydrogen) atoms. The van der Waals surface area contributed by atoms with E-state index in [0.717, 1.165) is 13.1 Å². The first kappa shape index (κ1) is 15.7. The van der Waals surface area contributed by atoms with Crippen LogP contribution in [-0.2, 0) is 4.79 Å². The summed E-state index contributed by atoms with van der Waals surface area (Å²) in [4.78, 5) is 24.4. The standard InChI is InChI=1S/C12H23N3O4/c1-9(15-5-3-2-4-6-15)7-13-12(19)14-10(8-16)11(17)18/h9-10,16H,2-8H2,1H3,(H,17,18)(H2,13,14,19)/t9?,10-/m0/s1. The molecule has 1 unspecified atom stereocenters. The Kier molecular flexibility index (Phi) is 6.58. The van der Waals surface area contributed by atoms with Gasteiger partial charge in [0.05, 0.1) is 6.61 Å². The summed E-state index contributed by atoms with van der Waals surface area (Å²) in [6, 6.07) is -1.60. The van der Waals surface area contributed by atoms with Crippen LogP contribution in [0, 0.1) is 0 Å². The number of hydrogen-bond donors (Lipinski definition) is 4. The molecule has 0 bridgehead atoms. The highest BCUT2D eigenvalue weighted by Crippen LogP contribution is 2.11. The molecule has 0 aromatic carbocycles. The molecule has 1 heterocycles. The molecule has 1 rings (SSSR count). The Morgan fingerprint density at radius 2 is 1.89 bits per heavy atom. The first-order valence-corrected chi connectivity index (χ1v) is 6.66. The number of carboxylic acids is 1. The van der Waals surface area contributed by atoms with Crippen LogP contribution in [0.4, 0.5) is 4.79 Å². The molecule has 110 valence electrons. The Bertz CT molecular complexity index is 305. The molecule has 1 aliphatic rings. The van der Waals surface area contributed by atoms with Gasteiger partial charge in [-0.3, -0.25) is 4.90 Å². The summed E-state index contributed by atoms with van der Waals surface area (Å²) < 4.78 is 0. The number of nitrogens with one attached hydrogen (secondary N) is 2. The van der Waals surface area contributed by atoms with Gasteiger partial charge in [-0.05, 0) is 32.9 Å². The van der Waals surface area contributed by atoms with Crippen molar-refractivity contribution >= 4 is 12.0 Å². The number of nitrogens with zero attached hydrogens (tertiary/aromatic N) is 1. The predicted octanol–water partition coefficient (Wildman–Crippen LogP) is -0.394. The fraction of sp³-hybridized carbons (Fsp3) is 0.833. The molecular formula is C12H23N3O4. The van der Waals surface area contributed by atoms with E-state index in [-0.39, 0.29) is 6.04 Å². The van der Waals surface area contributed by atoms with Gasteiger partial charge in [0.15, 0.2) is 6.04 Å². The van der Waals surface area contributed by atoms with Crippen molar-refractivity contribution < 1.29 is 19.8 Å². The quantitative estimate of drug-likeness (QED) is 0.528. The average Bonchev–Trinajstić information content (AvgIpc) is 2.42. The number of aliphatic hydroxyl groups is 1. The molecule has 1 saturated heterocycles. The molecule has 2 atom stereocenters. The van der Waals surface area contributed by atoms with Crippen LogP contribution in [0.15, 0.2) is 0 Å². The van der Waals surface area contributed by atoms with Gasteiger partial charge in [0.1, 0.15) is 0 Å². The Hall–Kier alpha value is -1.34. The van der Waals surface area contributed by atoms with E-state index in [2.05, 4.69) is 15.5 Å². The number of urea groups is 1. The maximum atomic E-state index is 11.5. The van der Waals surface area contributed by atoms with Gasteiger partial charge in [-0.1, -0.05) is 6.42 Å². The lowest BCUT2D eigenvalue weighted by atomic mass is 10.1.